The van der Waals surface area contributed by atoms with Gasteiger partial charge in [-0.1, -0.05) is 0 Å². The highest BCUT2D eigenvalue weighted by Gasteiger charge is 1.88. The van der Waals surface area contributed by atoms with E-state index in [-0.39, 0.29) is 0 Å². The summed E-state index contributed by atoms with van der Waals surface area (Å²) in [5, 5.41) is 3.61. The number of rotatable bonds is 0. The standard InChI is InChI=1S/C3H4ClN3/c4-7-5-2-1-3-6-7/h1-3,5H. The molecule has 0 saturated heterocycles. The molecule has 7 heavy (non-hydrogen) atoms. The Kier molecular flexibility index (Phi) is 1.17. The van der Waals surface area contributed by atoms with Crippen LogP contribution in [-0.2, 0) is 0 Å². The Balaban J connectivity index is 2.49. The molecule has 3 nitrogen and oxygen atoms in total. The Bertz CT molecular complexity index is 109. The van der Waals surface area contributed by atoms with Crippen LogP contribution in [-0.4, -0.2) is 10.9 Å². The maximum absolute atomic E-state index is 5.29. The van der Waals surface area contributed by atoms with Crippen molar-refractivity contribution >= 4 is 18.0 Å². The number of nitrogens with zero attached hydrogens (tertiary/aromatic N) is 2. The van der Waals surface area contributed by atoms with E-state index in [0.29, 0.717) is 0 Å². The molecule has 0 aliphatic carbocycles. The average Bonchev–Trinajstić information content (AvgIpc) is 1.69. The van der Waals surface area contributed by atoms with E-state index in [9.17, 15) is 0 Å². The highest BCUT2D eigenvalue weighted by Crippen LogP contribution is 1.90. The molecule has 1 aliphatic heterocycles. The summed E-state index contributed by atoms with van der Waals surface area (Å²) in [6, 6.07) is 0. The van der Waals surface area contributed by atoms with Gasteiger partial charge in [0.2, 0.25) is 0 Å². The molecule has 0 saturated carbocycles. The van der Waals surface area contributed by atoms with Crippen molar-refractivity contribution in [1.82, 2.24) is 10.1 Å². The van der Waals surface area contributed by atoms with Crippen LogP contribution in [0.4, 0.5) is 0 Å². The molecule has 0 aromatic carbocycles. The topological polar surface area (TPSA) is 27.6 Å². The van der Waals surface area contributed by atoms with Crippen LogP contribution in [0.3, 0.4) is 0 Å². The summed E-state index contributed by atoms with van der Waals surface area (Å²) in [7, 11) is 0. The first-order valence-electron chi connectivity index (χ1n) is 1.81. The predicted octanol–water partition coefficient (Wildman–Crippen LogP) is 0.460. The number of allylic oxidation sites excluding steroid dienone is 1. The van der Waals surface area contributed by atoms with Crippen LogP contribution < -0.4 is 5.43 Å². The third-order valence-electron chi connectivity index (χ3n) is 0.531. The second-order valence-electron chi connectivity index (χ2n) is 1.01. The first-order valence-corrected chi connectivity index (χ1v) is 2.14. The van der Waals surface area contributed by atoms with Gasteiger partial charge < -0.3 is 0 Å². The summed E-state index contributed by atoms with van der Waals surface area (Å²) in [4.78, 5) is 0. The fraction of sp³-hybridized carbons (Fsp3) is 0. The molecule has 1 aliphatic rings. The van der Waals surface area contributed by atoms with Gasteiger partial charge in [-0.2, -0.15) is 0 Å². The zero-order valence-corrected chi connectivity index (χ0v) is 4.26. The molecule has 1 rings (SSSR count). The van der Waals surface area contributed by atoms with Crippen molar-refractivity contribution in [2.75, 3.05) is 0 Å². The van der Waals surface area contributed by atoms with E-state index >= 15 is 0 Å². The molecule has 0 fully saturated rings. The van der Waals surface area contributed by atoms with Gasteiger partial charge in [-0.3, -0.25) is 5.43 Å². The van der Waals surface area contributed by atoms with Gasteiger partial charge in [-0.25, -0.2) is 0 Å². The summed E-state index contributed by atoms with van der Waals surface area (Å²) in [6.45, 7) is 0. The van der Waals surface area contributed by atoms with Crippen LogP contribution in [0, 0.1) is 0 Å². The summed E-state index contributed by atoms with van der Waals surface area (Å²) >= 11 is 5.29. The third kappa shape index (κ3) is 1.08. The molecule has 0 spiro atoms. The lowest BCUT2D eigenvalue weighted by molar-refractivity contribution is 0.414. The van der Waals surface area contributed by atoms with Gasteiger partial charge in [0.15, 0.2) is 0 Å². The monoisotopic (exact) mass is 117 g/mol. The van der Waals surface area contributed by atoms with Crippen LogP contribution in [0.25, 0.3) is 0 Å². The molecule has 0 aromatic heterocycles. The van der Waals surface area contributed by atoms with Crippen molar-refractivity contribution in [2.24, 2.45) is 5.10 Å². The summed E-state index contributed by atoms with van der Waals surface area (Å²) in [5.74, 6) is 0. The summed E-state index contributed by atoms with van der Waals surface area (Å²) in [6.07, 6.45) is 5.02. The first-order chi connectivity index (χ1) is 3.39. The van der Waals surface area contributed by atoms with Crippen LogP contribution in [0.2, 0.25) is 0 Å². The number of nitrogens with one attached hydrogen (secondary N) is 1. The molecule has 38 valence electrons. The van der Waals surface area contributed by atoms with Crippen molar-refractivity contribution in [3.63, 3.8) is 0 Å². The van der Waals surface area contributed by atoms with Crippen molar-refractivity contribution in [1.29, 1.82) is 0 Å². The summed E-state index contributed by atoms with van der Waals surface area (Å²) < 4.78 is 1.10. The zero-order valence-electron chi connectivity index (χ0n) is 3.50. The lowest BCUT2D eigenvalue weighted by Crippen LogP contribution is -2.20. The fourth-order valence-corrected chi connectivity index (χ4v) is 0.385. The minimum atomic E-state index is 1.10. The van der Waals surface area contributed by atoms with E-state index in [1.807, 2.05) is 0 Å². The zero-order chi connectivity index (χ0) is 5.11. The van der Waals surface area contributed by atoms with Crippen LogP contribution >= 0.6 is 11.8 Å². The molecule has 0 aromatic rings. The second-order valence-corrected chi connectivity index (χ2v) is 1.33. The van der Waals surface area contributed by atoms with Crippen LogP contribution in [0.15, 0.2) is 17.4 Å². The van der Waals surface area contributed by atoms with E-state index < -0.39 is 0 Å². The Morgan fingerprint density at radius 3 is 2.86 bits per heavy atom. The van der Waals surface area contributed by atoms with Crippen molar-refractivity contribution < 1.29 is 0 Å². The van der Waals surface area contributed by atoms with Crippen LogP contribution in [0.5, 0.6) is 0 Å². The molecule has 0 radical (unpaired) electrons. The largest absolute Gasteiger partial charge is 0.274 e. The molecule has 1 N–H and O–H groups in total. The Hall–Kier alpha value is -0.700. The van der Waals surface area contributed by atoms with Crippen molar-refractivity contribution in [2.45, 2.75) is 0 Å². The molecule has 4 heteroatoms. The second kappa shape index (κ2) is 1.84. The van der Waals surface area contributed by atoms with Gasteiger partial charge >= 0.3 is 0 Å². The smallest absolute Gasteiger partial charge is 0.0571 e. The highest BCUT2D eigenvalue weighted by atomic mass is 35.5. The lowest BCUT2D eigenvalue weighted by Gasteiger charge is -2.08. The Labute approximate surface area is 46.3 Å². The third-order valence-corrected chi connectivity index (χ3v) is 0.716. The SMILES string of the molecule is ClN1N=CC=CN1. The highest BCUT2D eigenvalue weighted by molar-refractivity contribution is 6.13. The predicted molar refractivity (Wildman–Crippen MR) is 28.5 cm³/mol. The van der Waals surface area contributed by atoms with Gasteiger partial charge in [0, 0.05) is 6.20 Å². The Morgan fingerprint density at radius 2 is 2.57 bits per heavy atom. The molecular weight excluding hydrogens is 114 g/mol. The van der Waals surface area contributed by atoms with Gasteiger partial charge in [-0.15, -0.1) is 9.74 Å². The van der Waals surface area contributed by atoms with Gasteiger partial charge in [0.25, 0.3) is 0 Å². The van der Waals surface area contributed by atoms with E-state index in [1.165, 1.54) is 0 Å². The van der Waals surface area contributed by atoms with Gasteiger partial charge in [-0.05, 0) is 6.08 Å². The van der Waals surface area contributed by atoms with E-state index in [0.717, 1.165) is 4.64 Å². The average molecular weight is 118 g/mol. The van der Waals surface area contributed by atoms with Gasteiger partial charge in [0.1, 0.15) is 0 Å². The van der Waals surface area contributed by atoms with E-state index in [4.69, 9.17) is 11.8 Å². The number of halogens is 1. The number of hydrazone groups is 1. The maximum Gasteiger partial charge on any atom is 0.0571 e. The lowest BCUT2D eigenvalue weighted by atomic mass is 10.7. The van der Waals surface area contributed by atoms with Crippen molar-refractivity contribution in [3.05, 3.63) is 12.3 Å². The normalized spacial score (nSPS) is 17.0. The fourth-order valence-electron chi connectivity index (χ4n) is 0.278. The quantitative estimate of drug-likeness (QED) is 0.467. The van der Waals surface area contributed by atoms with Gasteiger partial charge in [0.05, 0.1) is 18.0 Å². The van der Waals surface area contributed by atoms with Crippen molar-refractivity contribution in [3.8, 4) is 0 Å². The Morgan fingerprint density at radius 1 is 1.71 bits per heavy atom. The van der Waals surface area contributed by atoms with E-state index in [1.54, 1.807) is 18.5 Å². The molecule has 0 atom stereocenters. The maximum atomic E-state index is 5.29. The molecule has 0 bridgehead atoms. The first kappa shape index (κ1) is 4.46. The number of hydrogen-bond donors (Lipinski definition) is 1. The number of hydrogen-bond acceptors (Lipinski definition) is 3. The van der Waals surface area contributed by atoms with E-state index in [2.05, 4.69) is 10.5 Å². The summed E-state index contributed by atoms with van der Waals surface area (Å²) in [5.41, 5.74) is 2.60. The van der Waals surface area contributed by atoms with Crippen LogP contribution in [0.1, 0.15) is 0 Å². The molecule has 1 heterocycles. The minimum absolute atomic E-state index is 1.10. The molecular formula is C3H4ClN3. The number of hydrazine groups is 1. The minimum Gasteiger partial charge on any atom is -0.274 e. The molecule has 0 unspecified atom stereocenters. The molecule has 0 amide bonds.